The molecular weight excluding hydrogens is 918 g/mol. The van der Waals surface area contributed by atoms with E-state index in [1.165, 1.54) is 13.8 Å². The van der Waals surface area contributed by atoms with E-state index in [2.05, 4.69) is 5.32 Å². The van der Waals surface area contributed by atoms with Crippen LogP contribution in [0.4, 0.5) is 0 Å². The van der Waals surface area contributed by atoms with Crippen molar-refractivity contribution in [3.05, 3.63) is 0 Å². The largest absolute Gasteiger partial charge is 0.394 e. The smallest absolute Gasteiger partial charge is 0.217 e. The Morgan fingerprint density at radius 3 is 1.42 bits per heavy atom. The summed E-state index contributed by atoms with van der Waals surface area (Å²) in [4.78, 5) is 13.0. The summed E-state index contributed by atoms with van der Waals surface area (Å²) in [6.07, 6.45) is -50.0. The van der Waals surface area contributed by atoms with Crippen LogP contribution in [0.3, 0.4) is 0 Å². The van der Waals surface area contributed by atoms with Gasteiger partial charge in [-0.15, -0.1) is 0 Å². The highest BCUT2D eigenvalue weighted by molar-refractivity contribution is 5.73. The molecule has 0 bridgehead atoms. The first kappa shape index (κ1) is 54.7. The third-order valence-electron chi connectivity index (χ3n) is 12.7. The molecule has 29 nitrogen and oxygen atoms in total. The normalized spacial score (nSPS) is 52.1. The van der Waals surface area contributed by atoms with Crippen LogP contribution < -0.4 is 5.32 Å². The number of carbonyl (C=O) groups excluding carboxylic acids is 1. The molecule has 6 aliphatic heterocycles. The summed E-state index contributed by atoms with van der Waals surface area (Å²) < 4.78 is 64.3. The molecule has 0 saturated carbocycles. The van der Waals surface area contributed by atoms with Gasteiger partial charge in [-0.3, -0.25) is 4.79 Å². The summed E-state index contributed by atoms with van der Waals surface area (Å²) in [6.45, 7) is -0.452. The molecule has 0 aromatic carbocycles. The number of aliphatic hydroxyl groups excluding tert-OH is 16. The number of rotatable bonds is 15. The van der Waals surface area contributed by atoms with Crippen molar-refractivity contribution in [2.24, 2.45) is 0 Å². The Balaban J connectivity index is 1.37. The van der Waals surface area contributed by atoms with Crippen molar-refractivity contribution < 1.29 is 139 Å². The van der Waals surface area contributed by atoms with Gasteiger partial charge in [0, 0.05) is 6.92 Å². The molecule has 17 N–H and O–H groups in total. The molecule has 12 unspecified atom stereocenters. The van der Waals surface area contributed by atoms with Crippen LogP contribution in [0, 0.1) is 0 Å². The van der Waals surface area contributed by atoms with Crippen molar-refractivity contribution in [3.63, 3.8) is 0 Å². The second kappa shape index (κ2) is 23.3. The lowest BCUT2D eigenvalue weighted by atomic mass is 9.93. The lowest BCUT2D eigenvalue weighted by molar-refractivity contribution is -0.400. The fraction of sp³-hybridized carbons (Fsp3) is 0.974. The van der Waals surface area contributed by atoms with Crippen molar-refractivity contribution in [2.75, 3.05) is 33.0 Å². The SMILES string of the molecule is CC(=O)NC1[C@H](O[C@@H]2C(O)[C@H](O[C@@H]3C(CO)OCC(O)[C@H]3O)OC(CO)[C@@H]2O)OC(CO)[C@@H](O[C@@H]2O[C@@H](CO)[C@H](O)C(O)C2O[C@@H]2O[C@@H](C)[C@@H](O)C(O)C2O)[C@@H]1O[C@@H]1OC(C)[C@@H](O)[C@H](O)C1O. The van der Waals surface area contributed by atoms with E-state index in [4.69, 9.17) is 52.1 Å². The minimum atomic E-state index is -2.11. The topological polar surface area (TPSA) is 454 Å². The van der Waals surface area contributed by atoms with E-state index in [1.54, 1.807) is 0 Å². The van der Waals surface area contributed by atoms with Gasteiger partial charge in [-0.05, 0) is 13.8 Å². The first-order valence-corrected chi connectivity index (χ1v) is 21.7. The number of ether oxygens (including phenoxy) is 11. The van der Waals surface area contributed by atoms with Crippen LogP contribution in [0.25, 0.3) is 0 Å². The molecule has 6 heterocycles. The summed E-state index contributed by atoms with van der Waals surface area (Å²) in [5.41, 5.74) is 0. The molecule has 390 valence electrons. The molecule has 0 radical (unpaired) electrons. The van der Waals surface area contributed by atoms with Crippen LogP contribution in [-0.2, 0) is 56.9 Å². The molecule has 6 rings (SSSR count). The van der Waals surface area contributed by atoms with Gasteiger partial charge in [0.2, 0.25) is 5.91 Å². The minimum absolute atomic E-state index is 0.396. The zero-order chi connectivity index (χ0) is 49.3. The Kier molecular flexibility index (Phi) is 19.0. The van der Waals surface area contributed by atoms with E-state index in [-0.39, 0.29) is 0 Å². The number of hydrogen-bond donors (Lipinski definition) is 17. The number of hydrogen-bond acceptors (Lipinski definition) is 28. The van der Waals surface area contributed by atoms with Gasteiger partial charge in [0.25, 0.3) is 0 Å². The van der Waals surface area contributed by atoms with Gasteiger partial charge in [0.15, 0.2) is 31.5 Å². The molecular formula is C38H65NO28. The molecule has 6 aliphatic rings. The van der Waals surface area contributed by atoms with Gasteiger partial charge in [-0.2, -0.15) is 0 Å². The quantitative estimate of drug-likeness (QED) is 0.0724. The van der Waals surface area contributed by atoms with Gasteiger partial charge in [-0.25, -0.2) is 0 Å². The van der Waals surface area contributed by atoms with Gasteiger partial charge >= 0.3 is 0 Å². The summed E-state index contributed by atoms with van der Waals surface area (Å²) in [6, 6.07) is -1.80. The molecule has 6 fully saturated rings. The van der Waals surface area contributed by atoms with Crippen molar-refractivity contribution in [3.8, 4) is 0 Å². The number of aliphatic hydroxyl groups is 16. The predicted octanol–water partition coefficient (Wildman–Crippen LogP) is -11.2. The third kappa shape index (κ3) is 11.5. The highest BCUT2D eigenvalue weighted by Crippen LogP contribution is 2.38. The fourth-order valence-electron chi connectivity index (χ4n) is 8.72. The predicted molar refractivity (Wildman–Crippen MR) is 207 cm³/mol. The highest BCUT2D eigenvalue weighted by Gasteiger charge is 2.58. The maximum Gasteiger partial charge on any atom is 0.217 e. The molecule has 0 spiro atoms. The van der Waals surface area contributed by atoms with Gasteiger partial charge in [0.1, 0.15) is 134 Å². The summed E-state index contributed by atoms with van der Waals surface area (Å²) >= 11 is 0. The van der Waals surface area contributed by atoms with Crippen molar-refractivity contribution >= 4 is 5.91 Å². The average Bonchev–Trinajstić information content (AvgIpc) is 3.30. The van der Waals surface area contributed by atoms with Crippen molar-refractivity contribution in [1.82, 2.24) is 5.32 Å². The highest BCUT2D eigenvalue weighted by atomic mass is 16.8. The van der Waals surface area contributed by atoms with E-state index < -0.39 is 217 Å². The van der Waals surface area contributed by atoms with Gasteiger partial charge in [0.05, 0.1) is 45.2 Å². The molecule has 0 aromatic rings. The maximum absolute atomic E-state index is 13.0. The van der Waals surface area contributed by atoms with E-state index in [0.717, 1.165) is 6.92 Å². The molecule has 6 saturated heterocycles. The maximum atomic E-state index is 13.0. The van der Waals surface area contributed by atoms with Crippen LogP contribution in [-0.4, -0.2) is 299 Å². The van der Waals surface area contributed by atoms with E-state index in [9.17, 15) is 86.5 Å². The fourth-order valence-corrected chi connectivity index (χ4v) is 8.72. The van der Waals surface area contributed by atoms with Crippen LogP contribution in [0.5, 0.6) is 0 Å². The van der Waals surface area contributed by atoms with Crippen LogP contribution in [0.15, 0.2) is 0 Å². The van der Waals surface area contributed by atoms with Crippen LogP contribution >= 0.6 is 0 Å². The zero-order valence-electron chi connectivity index (χ0n) is 36.3. The molecule has 0 aromatic heterocycles. The Bertz CT molecular complexity index is 1560. The lowest BCUT2D eigenvalue weighted by Crippen LogP contribution is -2.71. The zero-order valence-corrected chi connectivity index (χ0v) is 36.3. The Morgan fingerprint density at radius 1 is 0.433 bits per heavy atom. The molecule has 29 heteroatoms. The second-order valence-corrected chi connectivity index (χ2v) is 17.3. The second-order valence-electron chi connectivity index (χ2n) is 17.3. The molecule has 0 aliphatic carbocycles. The molecule has 1 amide bonds. The third-order valence-corrected chi connectivity index (χ3v) is 12.7. The lowest BCUT2D eigenvalue weighted by Gasteiger charge is -2.52. The van der Waals surface area contributed by atoms with Crippen molar-refractivity contribution in [1.29, 1.82) is 0 Å². The van der Waals surface area contributed by atoms with Crippen LogP contribution in [0.1, 0.15) is 20.8 Å². The van der Waals surface area contributed by atoms with Gasteiger partial charge in [-0.1, -0.05) is 0 Å². The van der Waals surface area contributed by atoms with E-state index >= 15 is 0 Å². The first-order chi connectivity index (χ1) is 31.7. The monoisotopic (exact) mass is 983 g/mol. The summed E-state index contributed by atoms with van der Waals surface area (Å²) in [5, 5.41) is 174. The van der Waals surface area contributed by atoms with Crippen molar-refractivity contribution in [2.45, 2.75) is 199 Å². The molecule has 29 atom stereocenters. The number of amides is 1. The summed E-state index contributed by atoms with van der Waals surface area (Å²) in [5.74, 6) is -0.861. The average molecular weight is 984 g/mol. The van der Waals surface area contributed by atoms with E-state index in [0.29, 0.717) is 0 Å². The molecule has 67 heavy (non-hydrogen) atoms. The number of nitrogens with one attached hydrogen (secondary N) is 1. The Labute approximate surface area is 381 Å². The van der Waals surface area contributed by atoms with E-state index in [1.807, 2.05) is 0 Å². The van der Waals surface area contributed by atoms with Crippen LogP contribution in [0.2, 0.25) is 0 Å². The Hall–Kier alpha value is -1.61. The first-order valence-electron chi connectivity index (χ1n) is 21.7. The Morgan fingerprint density at radius 2 is 0.881 bits per heavy atom. The minimum Gasteiger partial charge on any atom is -0.394 e. The van der Waals surface area contributed by atoms with Gasteiger partial charge < -0.3 is 139 Å². The standard InChI is InChI=1S/C38H65NO28/c1-9-18(46)23(51)26(54)35(58-9)65-31-17(39-11(3)44)34(66-32-22(50)14(5-41)60-37(28(32)56)63-29-15(6-42)57-8-12(45)20(29)48)62-16(7-43)30(31)64-38-33(25(53)21(49)13(4-40)61-38)67-36-27(55)24(52)19(47)10(2)59-36/h9-10,12-38,40-43,45-56H,4-8H2,1-3H3,(H,39,44)/t9?,10-,12?,13-,14?,15?,16?,17?,18+,19+,20+,21-,22-,23-,24?,25?,26?,27?,28?,29+,30+,31+,32-,33?,34-,35-,36-,37-,38-/m0/s1. The summed E-state index contributed by atoms with van der Waals surface area (Å²) in [7, 11) is 0. The number of carbonyl (C=O) groups is 1.